The van der Waals surface area contributed by atoms with Crippen molar-refractivity contribution in [2.45, 2.75) is 12.4 Å². The molecule has 2 aromatic carbocycles. The number of ether oxygens (including phenoxy) is 3. The van der Waals surface area contributed by atoms with Crippen molar-refractivity contribution in [3.63, 3.8) is 0 Å². The second-order valence-corrected chi connectivity index (χ2v) is 4.70. The molecule has 0 radical (unpaired) electrons. The summed E-state index contributed by atoms with van der Waals surface area (Å²) in [7, 11) is 3.04. The number of benzene rings is 2. The van der Waals surface area contributed by atoms with Crippen molar-refractivity contribution in [3.05, 3.63) is 53.6 Å². The predicted molar refractivity (Wildman–Crippen MR) is 78.7 cm³/mol. The third-order valence-electron chi connectivity index (χ3n) is 3.24. The largest absolute Gasteiger partial charge is 0.573 e. The van der Waals surface area contributed by atoms with Crippen molar-refractivity contribution in [1.82, 2.24) is 0 Å². The molecule has 7 heteroatoms. The average Bonchev–Trinajstić information content (AvgIpc) is 2.52. The Hall–Kier alpha value is -2.41. The number of hydrogen-bond acceptors (Lipinski definition) is 4. The van der Waals surface area contributed by atoms with Gasteiger partial charge in [-0.3, -0.25) is 0 Å². The lowest BCUT2D eigenvalue weighted by atomic mass is 9.98. The van der Waals surface area contributed by atoms with E-state index >= 15 is 0 Å². The zero-order valence-corrected chi connectivity index (χ0v) is 12.6. The molecule has 23 heavy (non-hydrogen) atoms. The Bertz CT molecular complexity index is 657. The predicted octanol–water partition coefficient (Wildman–Crippen LogP) is 3.65. The minimum atomic E-state index is -4.72. The first kappa shape index (κ1) is 17.0. The minimum Gasteiger partial charge on any atom is -0.497 e. The van der Waals surface area contributed by atoms with Crippen molar-refractivity contribution in [2.75, 3.05) is 14.2 Å². The minimum absolute atomic E-state index is 0.300. The molecule has 0 bridgehead atoms. The van der Waals surface area contributed by atoms with Crippen LogP contribution in [-0.2, 0) is 0 Å². The van der Waals surface area contributed by atoms with Gasteiger partial charge in [0.25, 0.3) is 0 Å². The van der Waals surface area contributed by atoms with Crippen molar-refractivity contribution in [1.29, 1.82) is 0 Å². The van der Waals surface area contributed by atoms with Gasteiger partial charge in [0, 0.05) is 5.56 Å². The molecular formula is C16H16F3NO3. The van der Waals surface area contributed by atoms with Crippen LogP contribution < -0.4 is 19.9 Å². The van der Waals surface area contributed by atoms with E-state index in [1.165, 1.54) is 38.5 Å². The fraction of sp³-hybridized carbons (Fsp3) is 0.250. The molecule has 1 atom stereocenters. The standard InChI is InChI=1S/C16H16F3NO3/c1-21-12-7-8-14(22-2)13(9-12)15(20)10-3-5-11(6-4-10)23-16(17,18)19/h3-9,15H,20H2,1-2H3/t15-/m1/s1. The van der Waals surface area contributed by atoms with Crippen LogP contribution in [0.5, 0.6) is 17.2 Å². The zero-order valence-electron chi connectivity index (χ0n) is 12.6. The summed E-state index contributed by atoms with van der Waals surface area (Å²) in [5.74, 6) is 0.869. The van der Waals surface area contributed by atoms with E-state index in [0.29, 0.717) is 22.6 Å². The van der Waals surface area contributed by atoms with E-state index < -0.39 is 12.4 Å². The van der Waals surface area contributed by atoms with Crippen LogP contribution in [0.2, 0.25) is 0 Å². The summed E-state index contributed by atoms with van der Waals surface area (Å²) < 4.78 is 50.8. The number of rotatable bonds is 5. The van der Waals surface area contributed by atoms with Crippen LogP contribution >= 0.6 is 0 Å². The first-order valence-corrected chi connectivity index (χ1v) is 6.67. The highest BCUT2D eigenvalue weighted by Crippen LogP contribution is 2.32. The van der Waals surface area contributed by atoms with E-state index in [-0.39, 0.29) is 5.75 Å². The average molecular weight is 327 g/mol. The van der Waals surface area contributed by atoms with Gasteiger partial charge in [0.2, 0.25) is 0 Å². The maximum absolute atomic E-state index is 12.2. The molecule has 0 saturated heterocycles. The molecule has 2 N–H and O–H groups in total. The fourth-order valence-electron chi connectivity index (χ4n) is 2.14. The van der Waals surface area contributed by atoms with E-state index in [9.17, 15) is 13.2 Å². The molecule has 4 nitrogen and oxygen atoms in total. The molecule has 0 heterocycles. The van der Waals surface area contributed by atoms with Gasteiger partial charge >= 0.3 is 6.36 Å². The fourth-order valence-corrected chi connectivity index (χ4v) is 2.14. The third kappa shape index (κ3) is 4.29. The van der Waals surface area contributed by atoms with Crippen molar-refractivity contribution < 1.29 is 27.4 Å². The van der Waals surface area contributed by atoms with E-state index in [1.807, 2.05) is 0 Å². The second kappa shape index (κ2) is 6.78. The molecule has 2 aromatic rings. The van der Waals surface area contributed by atoms with Crippen LogP contribution in [0.3, 0.4) is 0 Å². The Morgan fingerprint density at radius 2 is 1.52 bits per heavy atom. The second-order valence-electron chi connectivity index (χ2n) is 4.70. The topological polar surface area (TPSA) is 53.7 Å². The number of hydrogen-bond donors (Lipinski definition) is 1. The van der Waals surface area contributed by atoms with Gasteiger partial charge in [-0.15, -0.1) is 13.2 Å². The van der Waals surface area contributed by atoms with Crippen molar-refractivity contribution in [3.8, 4) is 17.2 Å². The van der Waals surface area contributed by atoms with Crippen LogP contribution in [0.4, 0.5) is 13.2 Å². The van der Waals surface area contributed by atoms with E-state index in [2.05, 4.69) is 4.74 Å². The smallest absolute Gasteiger partial charge is 0.497 e. The highest BCUT2D eigenvalue weighted by Gasteiger charge is 2.31. The normalized spacial score (nSPS) is 12.6. The monoisotopic (exact) mass is 327 g/mol. The Balaban J connectivity index is 2.28. The van der Waals surface area contributed by atoms with Gasteiger partial charge in [-0.25, -0.2) is 0 Å². The Labute approximate surface area is 131 Å². The van der Waals surface area contributed by atoms with E-state index in [0.717, 1.165) is 0 Å². The highest BCUT2D eigenvalue weighted by molar-refractivity contribution is 5.46. The number of alkyl halides is 3. The SMILES string of the molecule is COc1ccc(OC)c([C@H](N)c2ccc(OC(F)(F)F)cc2)c1. The van der Waals surface area contributed by atoms with Crippen LogP contribution in [0.15, 0.2) is 42.5 Å². The molecule has 0 spiro atoms. The van der Waals surface area contributed by atoms with Gasteiger partial charge in [0.15, 0.2) is 0 Å². The summed E-state index contributed by atoms with van der Waals surface area (Å²) in [6.07, 6.45) is -4.72. The van der Waals surface area contributed by atoms with Gasteiger partial charge in [-0.1, -0.05) is 12.1 Å². The molecule has 0 aromatic heterocycles. The molecule has 0 aliphatic heterocycles. The lowest BCUT2D eigenvalue weighted by Gasteiger charge is -2.18. The van der Waals surface area contributed by atoms with Crippen molar-refractivity contribution >= 4 is 0 Å². The Morgan fingerprint density at radius 1 is 0.913 bits per heavy atom. The third-order valence-corrected chi connectivity index (χ3v) is 3.24. The Morgan fingerprint density at radius 3 is 2.04 bits per heavy atom. The Kier molecular flexibility index (Phi) is 5.00. The molecular weight excluding hydrogens is 311 g/mol. The van der Waals surface area contributed by atoms with Crippen LogP contribution in [0.25, 0.3) is 0 Å². The zero-order chi connectivity index (χ0) is 17.0. The quantitative estimate of drug-likeness (QED) is 0.911. The highest BCUT2D eigenvalue weighted by atomic mass is 19.4. The van der Waals surface area contributed by atoms with Gasteiger partial charge in [0.1, 0.15) is 17.2 Å². The summed E-state index contributed by atoms with van der Waals surface area (Å²) >= 11 is 0. The first-order valence-electron chi connectivity index (χ1n) is 6.67. The van der Waals surface area contributed by atoms with Crippen LogP contribution in [0, 0.1) is 0 Å². The van der Waals surface area contributed by atoms with Gasteiger partial charge < -0.3 is 19.9 Å². The maximum atomic E-state index is 12.2. The molecule has 0 fully saturated rings. The van der Waals surface area contributed by atoms with Gasteiger partial charge in [-0.05, 0) is 35.9 Å². The number of nitrogens with two attached hydrogens (primary N) is 1. The van der Waals surface area contributed by atoms with Crippen LogP contribution in [0.1, 0.15) is 17.2 Å². The summed E-state index contributed by atoms with van der Waals surface area (Å²) in [6, 6.07) is 9.98. The molecule has 0 aliphatic rings. The lowest BCUT2D eigenvalue weighted by molar-refractivity contribution is -0.274. The molecule has 0 unspecified atom stereocenters. The summed E-state index contributed by atoms with van der Waals surface area (Å²) in [5, 5.41) is 0. The summed E-state index contributed by atoms with van der Waals surface area (Å²) in [6.45, 7) is 0. The van der Waals surface area contributed by atoms with Gasteiger partial charge in [-0.2, -0.15) is 0 Å². The van der Waals surface area contributed by atoms with E-state index in [4.69, 9.17) is 15.2 Å². The summed E-state index contributed by atoms with van der Waals surface area (Å²) in [5.41, 5.74) is 7.48. The molecule has 0 amide bonds. The number of methoxy groups -OCH3 is 2. The molecule has 124 valence electrons. The van der Waals surface area contributed by atoms with Crippen molar-refractivity contribution in [2.24, 2.45) is 5.73 Å². The molecule has 0 aliphatic carbocycles. The van der Waals surface area contributed by atoms with Gasteiger partial charge in [0.05, 0.1) is 20.3 Å². The lowest BCUT2D eigenvalue weighted by Crippen LogP contribution is -2.17. The van der Waals surface area contributed by atoms with E-state index in [1.54, 1.807) is 18.2 Å². The first-order chi connectivity index (χ1) is 10.8. The summed E-state index contributed by atoms with van der Waals surface area (Å²) in [4.78, 5) is 0. The molecule has 2 rings (SSSR count). The molecule has 0 saturated carbocycles. The number of halogens is 3. The maximum Gasteiger partial charge on any atom is 0.573 e. The van der Waals surface area contributed by atoms with Crippen LogP contribution in [-0.4, -0.2) is 20.6 Å².